The lowest BCUT2D eigenvalue weighted by atomic mass is 9.91. The molecule has 1 unspecified atom stereocenters. The first-order valence-corrected chi connectivity index (χ1v) is 10.9. The lowest BCUT2D eigenvalue weighted by molar-refractivity contribution is -0.124. The van der Waals surface area contributed by atoms with Crippen LogP contribution < -0.4 is 9.80 Å². The molecule has 33 heavy (non-hydrogen) atoms. The zero-order chi connectivity index (χ0) is 23.5. The topological polar surface area (TPSA) is 84.8 Å². The number of carbonyl (C=O) groups is 1. The van der Waals surface area contributed by atoms with Crippen molar-refractivity contribution < 1.29 is 19.5 Å². The first kappa shape index (κ1) is 22.5. The molecule has 0 bridgehead atoms. The molecule has 1 atom stereocenters. The molecule has 1 saturated heterocycles. The summed E-state index contributed by atoms with van der Waals surface area (Å²) in [6.45, 7) is 7.51. The Hall–Kier alpha value is -3.71. The molecule has 1 aliphatic rings. The molecule has 1 aliphatic heterocycles. The SMILES string of the molecule is Cc1ccc(C(O)=C2C(=O)CON(c3ccc(C)nn3)C2c2ccc(OC(C)C)cc2)cc1. The van der Waals surface area contributed by atoms with Gasteiger partial charge in [-0.25, -0.2) is 5.06 Å². The molecule has 0 amide bonds. The molecule has 1 fully saturated rings. The van der Waals surface area contributed by atoms with E-state index in [0.717, 1.165) is 16.8 Å². The molecule has 1 N–H and O–H groups in total. The summed E-state index contributed by atoms with van der Waals surface area (Å²) in [7, 11) is 0. The van der Waals surface area contributed by atoms with Gasteiger partial charge in [0.25, 0.3) is 0 Å². The average molecular weight is 446 g/mol. The van der Waals surface area contributed by atoms with Crippen molar-refractivity contribution in [2.24, 2.45) is 0 Å². The van der Waals surface area contributed by atoms with Gasteiger partial charge in [-0.1, -0.05) is 42.0 Å². The van der Waals surface area contributed by atoms with Crippen molar-refractivity contribution in [2.75, 3.05) is 11.7 Å². The fraction of sp³-hybridized carbons (Fsp3) is 0.269. The minimum absolute atomic E-state index is 0.0378. The first-order chi connectivity index (χ1) is 15.8. The predicted octanol–water partition coefficient (Wildman–Crippen LogP) is 4.91. The number of aromatic nitrogens is 2. The summed E-state index contributed by atoms with van der Waals surface area (Å²) in [5, 5.41) is 21.1. The van der Waals surface area contributed by atoms with Gasteiger partial charge in [-0.3, -0.25) is 9.63 Å². The van der Waals surface area contributed by atoms with E-state index in [4.69, 9.17) is 9.57 Å². The second-order valence-corrected chi connectivity index (χ2v) is 8.32. The van der Waals surface area contributed by atoms with Gasteiger partial charge in [0.15, 0.2) is 11.6 Å². The van der Waals surface area contributed by atoms with Crippen LogP contribution in [-0.4, -0.2) is 33.8 Å². The van der Waals surface area contributed by atoms with Gasteiger partial charge in [0, 0.05) is 5.56 Å². The highest BCUT2D eigenvalue weighted by molar-refractivity contribution is 6.04. The van der Waals surface area contributed by atoms with Crippen LogP contribution in [0.1, 0.15) is 42.3 Å². The van der Waals surface area contributed by atoms with Crippen molar-refractivity contribution in [1.29, 1.82) is 0 Å². The molecule has 2 heterocycles. The third kappa shape index (κ3) is 4.88. The normalized spacial score (nSPS) is 17.9. The number of aliphatic hydroxyl groups excluding tert-OH is 1. The van der Waals surface area contributed by atoms with E-state index in [-0.39, 0.29) is 29.8 Å². The Kier molecular flexibility index (Phi) is 6.42. The molecule has 1 aromatic heterocycles. The highest BCUT2D eigenvalue weighted by Gasteiger charge is 2.38. The van der Waals surface area contributed by atoms with Gasteiger partial charge < -0.3 is 9.84 Å². The van der Waals surface area contributed by atoms with E-state index in [1.807, 2.05) is 70.2 Å². The highest BCUT2D eigenvalue weighted by Crippen LogP contribution is 2.39. The van der Waals surface area contributed by atoms with Gasteiger partial charge in [0.1, 0.15) is 24.2 Å². The van der Waals surface area contributed by atoms with E-state index >= 15 is 0 Å². The Morgan fingerprint density at radius 3 is 2.33 bits per heavy atom. The zero-order valence-corrected chi connectivity index (χ0v) is 19.1. The van der Waals surface area contributed by atoms with Crippen molar-refractivity contribution in [3.8, 4) is 5.75 Å². The largest absolute Gasteiger partial charge is 0.507 e. The number of carbonyl (C=O) groups excluding carboxylic acids is 1. The van der Waals surface area contributed by atoms with E-state index < -0.39 is 6.04 Å². The van der Waals surface area contributed by atoms with E-state index in [2.05, 4.69) is 10.2 Å². The van der Waals surface area contributed by atoms with Crippen LogP contribution in [0.2, 0.25) is 0 Å². The number of hydrogen-bond donors (Lipinski definition) is 1. The molecule has 7 heteroatoms. The highest BCUT2D eigenvalue weighted by atomic mass is 16.7. The maximum Gasteiger partial charge on any atom is 0.193 e. The van der Waals surface area contributed by atoms with Gasteiger partial charge in [-0.15, -0.1) is 5.10 Å². The van der Waals surface area contributed by atoms with Crippen molar-refractivity contribution in [1.82, 2.24) is 10.2 Å². The van der Waals surface area contributed by atoms with Gasteiger partial charge >= 0.3 is 0 Å². The number of aryl methyl sites for hydroxylation is 2. The fourth-order valence-corrected chi connectivity index (χ4v) is 3.69. The smallest absolute Gasteiger partial charge is 0.193 e. The van der Waals surface area contributed by atoms with Crippen LogP contribution in [0.3, 0.4) is 0 Å². The van der Waals surface area contributed by atoms with Crippen LogP contribution in [0.5, 0.6) is 5.75 Å². The van der Waals surface area contributed by atoms with Gasteiger partial charge in [-0.05, 0) is 57.5 Å². The van der Waals surface area contributed by atoms with Gasteiger partial charge in [0.05, 0.1) is 17.4 Å². The van der Waals surface area contributed by atoms with Gasteiger partial charge in [-0.2, -0.15) is 5.10 Å². The Morgan fingerprint density at radius 1 is 1.03 bits per heavy atom. The van der Waals surface area contributed by atoms with Crippen LogP contribution in [0, 0.1) is 13.8 Å². The number of aliphatic hydroxyl groups is 1. The Morgan fingerprint density at radius 2 is 1.73 bits per heavy atom. The summed E-state index contributed by atoms with van der Waals surface area (Å²) in [6, 6.07) is 17.7. The fourth-order valence-electron chi connectivity index (χ4n) is 3.69. The number of hydroxylamine groups is 1. The Labute approximate surface area is 193 Å². The van der Waals surface area contributed by atoms with Crippen LogP contribution in [0.15, 0.2) is 66.2 Å². The minimum atomic E-state index is -0.724. The number of benzene rings is 2. The monoisotopic (exact) mass is 445 g/mol. The number of Topliss-reactive ketones (excluding diaryl/α,β-unsaturated/α-hetero) is 1. The quantitative estimate of drug-likeness (QED) is 0.441. The average Bonchev–Trinajstić information content (AvgIpc) is 2.80. The Bertz CT molecular complexity index is 1150. The standard InChI is InChI=1S/C26H27N3O4/c1-16(2)33-21-12-10-19(11-13-21)25-24(26(31)20-8-5-17(3)6-9-20)22(30)15-32-29(25)23-14-7-18(4)27-28-23/h5-14,16,25,31H,15H2,1-4H3. The van der Waals surface area contributed by atoms with Crippen molar-refractivity contribution in [3.63, 3.8) is 0 Å². The zero-order valence-electron chi connectivity index (χ0n) is 19.1. The van der Waals surface area contributed by atoms with Crippen molar-refractivity contribution >= 4 is 17.4 Å². The van der Waals surface area contributed by atoms with Gasteiger partial charge in [0.2, 0.25) is 0 Å². The van der Waals surface area contributed by atoms with E-state index in [9.17, 15) is 9.90 Å². The maximum absolute atomic E-state index is 13.1. The van der Waals surface area contributed by atoms with Crippen molar-refractivity contribution in [2.45, 2.75) is 39.8 Å². The summed E-state index contributed by atoms with van der Waals surface area (Å²) in [5.74, 6) is 0.777. The summed E-state index contributed by atoms with van der Waals surface area (Å²) in [6.07, 6.45) is 0.0378. The first-order valence-electron chi connectivity index (χ1n) is 10.9. The molecule has 170 valence electrons. The third-order valence-corrected chi connectivity index (χ3v) is 5.30. The van der Waals surface area contributed by atoms with Crippen LogP contribution in [0.25, 0.3) is 5.76 Å². The molecular formula is C26H27N3O4. The number of rotatable bonds is 5. The van der Waals surface area contributed by atoms with Crippen molar-refractivity contribution in [3.05, 3.63) is 88.6 Å². The molecule has 0 spiro atoms. The molecule has 0 saturated carbocycles. The lowest BCUT2D eigenvalue weighted by Gasteiger charge is -2.36. The predicted molar refractivity (Wildman–Crippen MR) is 126 cm³/mol. The van der Waals surface area contributed by atoms with E-state index in [0.29, 0.717) is 17.1 Å². The Balaban J connectivity index is 1.85. The van der Waals surface area contributed by atoms with E-state index in [1.54, 1.807) is 18.2 Å². The maximum atomic E-state index is 13.1. The minimum Gasteiger partial charge on any atom is -0.507 e. The summed E-state index contributed by atoms with van der Waals surface area (Å²) < 4.78 is 5.76. The lowest BCUT2D eigenvalue weighted by Crippen LogP contribution is -2.41. The van der Waals surface area contributed by atoms with E-state index in [1.165, 1.54) is 5.06 Å². The van der Waals surface area contributed by atoms with Crippen LogP contribution in [-0.2, 0) is 9.63 Å². The number of anilines is 1. The summed E-state index contributed by atoms with van der Waals surface area (Å²) in [5.41, 5.74) is 3.37. The number of ketones is 1. The second kappa shape index (κ2) is 9.42. The number of nitrogens with zero attached hydrogens (tertiary/aromatic N) is 3. The molecule has 0 radical (unpaired) electrons. The molecule has 7 nitrogen and oxygen atoms in total. The van der Waals surface area contributed by atoms with Crippen LogP contribution >= 0.6 is 0 Å². The molecular weight excluding hydrogens is 418 g/mol. The molecule has 3 aromatic rings. The molecule has 2 aromatic carbocycles. The number of ether oxygens (including phenoxy) is 1. The summed E-state index contributed by atoms with van der Waals surface area (Å²) in [4.78, 5) is 18.9. The number of hydrogen-bond acceptors (Lipinski definition) is 7. The molecule has 4 rings (SSSR count). The molecule has 0 aliphatic carbocycles. The summed E-state index contributed by atoms with van der Waals surface area (Å²) >= 11 is 0. The van der Waals surface area contributed by atoms with Crippen LogP contribution in [0.4, 0.5) is 5.82 Å². The second-order valence-electron chi connectivity index (χ2n) is 8.32. The third-order valence-electron chi connectivity index (χ3n) is 5.30.